The molecule has 2 N–H and O–H groups in total. The normalized spacial score (nSPS) is 12.0. The Hall–Kier alpha value is -3.68. The van der Waals surface area contributed by atoms with Crippen LogP contribution in [0.5, 0.6) is 5.75 Å². The number of carbonyl (C=O) groups excluding carboxylic acids is 1. The number of hydrogen-bond acceptors (Lipinski definition) is 6. The van der Waals surface area contributed by atoms with Crippen molar-refractivity contribution in [3.05, 3.63) is 88.7 Å². The quantitative estimate of drug-likeness (QED) is 0.244. The van der Waals surface area contributed by atoms with Crippen molar-refractivity contribution in [2.75, 3.05) is 20.4 Å². The van der Waals surface area contributed by atoms with Gasteiger partial charge in [0.25, 0.3) is 0 Å². The van der Waals surface area contributed by atoms with E-state index in [4.69, 9.17) is 24.4 Å². The zero-order valence-corrected chi connectivity index (χ0v) is 21.4. The molecule has 0 fully saturated rings. The van der Waals surface area contributed by atoms with Gasteiger partial charge in [0.2, 0.25) is 0 Å². The molecule has 1 atom stereocenters. The summed E-state index contributed by atoms with van der Waals surface area (Å²) in [6.45, 7) is 4.06. The summed E-state index contributed by atoms with van der Waals surface area (Å²) in [4.78, 5) is 12.1. The molecule has 0 saturated heterocycles. The van der Waals surface area contributed by atoms with Crippen LogP contribution in [0.15, 0.2) is 65.1 Å². The number of hydrogen-bond donors (Lipinski definition) is 1. The molecule has 4 aromatic rings. The Labute approximate surface area is 216 Å². The van der Waals surface area contributed by atoms with E-state index in [1.54, 1.807) is 14.0 Å². The van der Waals surface area contributed by atoms with E-state index in [-0.39, 0.29) is 19.0 Å². The van der Waals surface area contributed by atoms with Gasteiger partial charge >= 0.3 is 5.97 Å². The molecule has 1 aromatic heterocycles. The van der Waals surface area contributed by atoms with Crippen molar-refractivity contribution in [2.45, 2.75) is 39.5 Å². The molecule has 0 spiro atoms. The first kappa shape index (κ1) is 26.4. The fourth-order valence-electron chi connectivity index (χ4n) is 4.28. The Morgan fingerprint density at radius 2 is 1.92 bits per heavy atom. The summed E-state index contributed by atoms with van der Waals surface area (Å²) in [6.07, 6.45) is 0.136. The highest BCUT2D eigenvalue weighted by Gasteiger charge is 2.16. The first-order valence-corrected chi connectivity index (χ1v) is 12.3. The minimum Gasteiger partial charge on any atom is -0.489 e. The third-order valence-electron chi connectivity index (χ3n) is 6.06. The third kappa shape index (κ3) is 6.37. The molecule has 0 saturated carbocycles. The van der Waals surface area contributed by atoms with Crippen LogP contribution in [-0.2, 0) is 33.9 Å². The molecular formula is C30H32FNO5. The highest BCUT2D eigenvalue weighted by molar-refractivity contribution is 5.93. The molecule has 1 unspecified atom stereocenters. The molecule has 6 nitrogen and oxygen atoms in total. The standard InChI is InChI=1S/C30H32FNO5/c1-4-35-29(33)15-23-9-8-19(2)10-28(23)36-17-20-11-24-14-25(18-34-3)37-30(24)26(12-20)21-6-5-7-22(13-21)27(32)16-31/h5-14,27H,4,15-18,32H2,1-3H3. The Bertz CT molecular complexity index is 1380. The van der Waals surface area contributed by atoms with Crippen LogP contribution < -0.4 is 10.5 Å². The maximum absolute atomic E-state index is 13.3. The maximum Gasteiger partial charge on any atom is 0.310 e. The van der Waals surface area contributed by atoms with Gasteiger partial charge in [-0.2, -0.15) is 0 Å². The van der Waals surface area contributed by atoms with Crippen molar-refractivity contribution < 1.29 is 27.8 Å². The zero-order chi connectivity index (χ0) is 26.4. The zero-order valence-electron chi connectivity index (χ0n) is 21.4. The SMILES string of the molecule is CCOC(=O)Cc1ccc(C)cc1OCc1cc(-c2cccc(C(N)CF)c2)c2oc(COC)cc2c1. The van der Waals surface area contributed by atoms with Crippen LogP contribution in [0.2, 0.25) is 0 Å². The number of alkyl halides is 1. The van der Waals surface area contributed by atoms with E-state index < -0.39 is 12.7 Å². The molecule has 194 valence electrons. The van der Waals surface area contributed by atoms with Gasteiger partial charge < -0.3 is 24.4 Å². The summed E-state index contributed by atoms with van der Waals surface area (Å²) in [6, 6.07) is 18.6. The van der Waals surface area contributed by atoms with Crippen LogP contribution in [0.3, 0.4) is 0 Å². The number of fused-ring (bicyclic) bond motifs is 1. The monoisotopic (exact) mass is 505 g/mol. The van der Waals surface area contributed by atoms with E-state index in [0.717, 1.165) is 33.2 Å². The number of nitrogens with two attached hydrogens (primary N) is 1. The van der Waals surface area contributed by atoms with Crippen molar-refractivity contribution in [3.63, 3.8) is 0 Å². The van der Waals surface area contributed by atoms with E-state index in [0.29, 0.717) is 35.9 Å². The Morgan fingerprint density at radius 1 is 1.08 bits per heavy atom. The van der Waals surface area contributed by atoms with Gasteiger partial charge in [-0.25, -0.2) is 4.39 Å². The van der Waals surface area contributed by atoms with Gasteiger partial charge in [0.15, 0.2) is 0 Å². The molecule has 0 radical (unpaired) electrons. The second kappa shape index (κ2) is 12.0. The molecule has 0 amide bonds. The number of halogens is 1. The van der Waals surface area contributed by atoms with Gasteiger partial charge in [0.05, 0.1) is 19.1 Å². The first-order valence-electron chi connectivity index (χ1n) is 12.3. The van der Waals surface area contributed by atoms with Crippen molar-refractivity contribution in [1.29, 1.82) is 0 Å². The number of carbonyl (C=O) groups is 1. The minimum atomic E-state index is -0.693. The molecule has 37 heavy (non-hydrogen) atoms. The minimum absolute atomic E-state index is 0.136. The van der Waals surface area contributed by atoms with Crippen LogP contribution in [0.25, 0.3) is 22.1 Å². The lowest BCUT2D eigenvalue weighted by molar-refractivity contribution is -0.142. The van der Waals surface area contributed by atoms with Crippen molar-refractivity contribution in [2.24, 2.45) is 5.73 Å². The van der Waals surface area contributed by atoms with Crippen LogP contribution in [0, 0.1) is 6.92 Å². The molecular weight excluding hydrogens is 473 g/mol. The number of furan rings is 1. The van der Waals surface area contributed by atoms with Gasteiger partial charge in [-0.1, -0.05) is 30.3 Å². The van der Waals surface area contributed by atoms with Gasteiger partial charge in [0.1, 0.15) is 37.0 Å². The number of rotatable bonds is 11. The predicted molar refractivity (Wildman–Crippen MR) is 141 cm³/mol. The summed E-state index contributed by atoms with van der Waals surface area (Å²) in [5.74, 6) is 1.04. The number of methoxy groups -OCH3 is 1. The lowest BCUT2D eigenvalue weighted by Crippen LogP contribution is -2.11. The summed E-state index contributed by atoms with van der Waals surface area (Å²) in [5.41, 5.74) is 11.8. The second-order valence-electron chi connectivity index (χ2n) is 8.98. The average Bonchev–Trinajstić information content (AvgIpc) is 3.30. The highest BCUT2D eigenvalue weighted by Crippen LogP contribution is 2.34. The lowest BCUT2D eigenvalue weighted by Gasteiger charge is -2.14. The van der Waals surface area contributed by atoms with Gasteiger partial charge in [-0.15, -0.1) is 0 Å². The maximum atomic E-state index is 13.3. The molecule has 0 aliphatic carbocycles. The van der Waals surface area contributed by atoms with Crippen molar-refractivity contribution >= 4 is 16.9 Å². The topological polar surface area (TPSA) is 83.9 Å². The van der Waals surface area contributed by atoms with Gasteiger partial charge in [-0.05, 0) is 66.4 Å². The van der Waals surface area contributed by atoms with Crippen LogP contribution >= 0.6 is 0 Å². The van der Waals surface area contributed by atoms with E-state index in [2.05, 4.69) is 0 Å². The molecule has 0 bridgehead atoms. The molecule has 7 heteroatoms. The van der Waals surface area contributed by atoms with Gasteiger partial charge in [-0.3, -0.25) is 4.79 Å². The summed E-state index contributed by atoms with van der Waals surface area (Å²) in [7, 11) is 1.62. The lowest BCUT2D eigenvalue weighted by atomic mass is 9.97. The average molecular weight is 506 g/mol. The highest BCUT2D eigenvalue weighted by atomic mass is 19.1. The summed E-state index contributed by atoms with van der Waals surface area (Å²) in [5, 5.41) is 0.902. The Kier molecular flexibility index (Phi) is 8.58. The van der Waals surface area contributed by atoms with Crippen molar-refractivity contribution in [1.82, 2.24) is 0 Å². The smallest absolute Gasteiger partial charge is 0.310 e. The van der Waals surface area contributed by atoms with E-state index >= 15 is 0 Å². The number of benzene rings is 3. The van der Waals surface area contributed by atoms with E-state index in [1.807, 2.05) is 67.6 Å². The Morgan fingerprint density at radius 3 is 2.68 bits per heavy atom. The van der Waals surface area contributed by atoms with Crippen LogP contribution in [-0.4, -0.2) is 26.4 Å². The Balaban J connectivity index is 1.70. The first-order chi connectivity index (χ1) is 17.9. The number of esters is 1. The van der Waals surface area contributed by atoms with E-state index in [9.17, 15) is 9.18 Å². The largest absolute Gasteiger partial charge is 0.489 e. The second-order valence-corrected chi connectivity index (χ2v) is 8.98. The van der Waals surface area contributed by atoms with Gasteiger partial charge in [0, 0.05) is 23.6 Å². The number of ether oxygens (including phenoxy) is 3. The van der Waals surface area contributed by atoms with Crippen LogP contribution in [0.1, 0.15) is 41.0 Å². The predicted octanol–water partition coefficient (Wildman–Crippen LogP) is 6.21. The fraction of sp³-hybridized carbons (Fsp3) is 0.300. The van der Waals surface area contributed by atoms with Crippen LogP contribution in [0.4, 0.5) is 4.39 Å². The van der Waals surface area contributed by atoms with Crippen molar-refractivity contribution in [3.8, 4) is 16.9 Å². The fourth-order valence-corrected chi connectivity index (χ4v) is 4.28. The molecule has 0 aliphatic heterocycles. The summed E-state index contributed by atoms with van der Waals surface area (Å²) >= 11 is 0. The number of aryl methyl sites for hydroxylation is 1. The molecule has 4 rings (SSSR count). The third-order valence-corrected chi connectivity index (χ3v) is 6.06. The molecule has 1 heterocycles. The van der Waals surface area contributed by atoms with E-state index in [1.165, 1.54) is 0 Å². The molecule has 3 aromatic carbocycles. The summed E-state index contributed by atoms with van der Waals surface area (Å²) < 4.78 is 36.0. The molecule has 0 aliphatic rings.